The van der Waals surface area contributed by atoms with Crippen LogP contribution in [0.2, 0.25) is 0 Å². The third-order valence-corrected chi connectivity index (χ3v) is 3.11. The molecule has 2 rings (SSSR count). The minimum absolute atomic E-state index is 0.319. The van der Waals surface area contributed by atoms with Crippen LogP contribution in [-0.4, -0.2) is 17.1 Å². The molecule has 0 amide bonds. The van der Waals surface area contributed by atoms with E-state index in [9.17, 15) is 4.39 Å². The van der Waals surface area contributed by atoms with Crippen LogP contribution in [0.4, 0.5) is 4.39 Å². The number of benzene rings is 1. The number of aromatic nitrogens is 2. The van der Waals surface area contributed by atoms with Gasteiger partial charge in [-0.05, 0) is 23.8 Å². The van der Waals surface area contributed by atoms with Crippen LogP contribution in [0, 0.1) is 5.82 Å². The Hall–Kier alpha value is -1.53. The van der Waals surface area contributed by atoms with Gasteiger partial charge >= 0.3 is 0 Å². The lowest BCUT2D eigenvalue weighted by Gasteiger charge is -2.12. The first-order valence-corrected chi connectivity index (χ1v) is 6.44. The van der Waals surface area contributed by atoms with E-state index in [0.29, 0.717) is 22.3 Å². The first-order valence-electron chi connectivity index (χ1n) is 5.65. The molecule has 0 saturated heterocycles. The van der Waals surface area contributed by atoms with Crippen molar-refractivity contribution in [3.8, 4) is 5.88 Å². The highest BCUT2D eigenvalue weighted by atomic mass is 79.9. The van der Waals surface area contributed by atoms with Gasteiger partial charge < -0.3 is 10.5 Å². The van der Waals surface area contributed by atoms with Gasteiger partial charge in [0.15, 0.2) is 0 Å². The maximum atomic E-state index is 13.3. The molecule has 4 nitrogen and oxygen atoms in total. The molecule has 0 spiro atoms. The van der Waals surface area contributed by atoms with Crippen LogP contribution in [0.25, 0.3) is 0 Å². The standard InChI is InChI=1S/C13H13BrFN3O/c1-19-13-6-11(17-7-18-13)5-12(16)8-2-9(14)4-10(15)3-8/h2-4,6-7,12H,5,16H2,1H3. The number of methoxy groups -OCH3 is 1. The number of nitrogens with two attached hydrogens (primary N) is 1. The Balaban J connectivity index is 2.17. The van der Waals surface area contributed by atoms with Crippen molar-refractivity contribution in [2.45, 2.75) is 12.5 Å². The van der Waals surface area contributed by atoms with Crippen LogP contribution >= 0.6 is 15.9 Å². The fourth-order valence-corrected chi connectivity index (χ4v) is 2.22. The minimum atomic E-state index is -0.341. The molecule has 19 heavy (non-hydrogen) atoms. The van der Waals surface area contributed by atoms with Gasteiger partial charge in [-0.15, -0.1) is 0 Å². The van der Waals surface area contributed by atoms with E-state index in [0.717, 1.165) is 5.69 Å². The van der Waals surface area contributed by atoms with Crippen molar-refractivity contribution < 1.29 is 9.13 Å². The van der Waals surface area contributed by atoms with E-state index in [4.69, 9.17) is 10.5 Å². The predicted molar refractivity (Wildman–Crippen MR) is 73.3 cm³/mol. The molecular formula is C13H13BrFN3O. The first-order chi connectivity index (χ1) is 9.08. The van der Waals surface area contributed by atoms with E-state index in [1.807, 2.05) is 0 Å². The van der Waals surface area contributed by atoms with Crippen molar-refractivity contribution in [3.63, 3.8) is 0 Å². The van der Waals surface area contributed by atoms with E-state index in [-0.39, 0.29) is 11.9 Å². The molecule has 6 heteroatoms. The zero-order valence-electron chi connectivity index (χ0n) is 10.3. The lowest BCUT2D eigenvalue weighted by molar-refractivity contribution is 0.395. The van der Waals surface area contributed by atoms with Crippen molar-refractivity contribution in [2.75, 3.05) is 7.11 Å². The molecule has 0 aliphatic rings. The molecule has 2 aromatic rings. The van der Waals surface area contributed by atoms with Crippen LogP contribution in [0.3, 0.4) is 0 Å². The van der Waals surface area contributed by atoms with Gasteiger partial charge in [0.2, 0.25) is 5.88 Å². The molecule has 1 aromatic heterocycles. The summed E-state index contributed by atoms with van der Waals surface area (Å²) in [6, 6.07) is 5.99. The van der Waals surface area contributed by atoms with Crippen LogP contribution in [-0.2, 0) is 6.42 Å². The minimum Gasteiger partial charge on any atom is -0.481 e. The summed E-state index contributed by atoms with van der Waals surface area (Å²) >= 11 is 3.25. The monoisotopic (exact) mass is 325 g/mol. The van der Waals surface area contributed by atoms with Crippen LogP contribution in [0.1, 0.15) is 17.3 Å². The molecule has 0 saturated carbocycles. The van der Waals surface area contributed by atoms with Gasteiger partial charge in [0.1, 0.15) is 12.1 Å². The van der Waals surface area contributed by atoms with E-state index < -0.39 is 0 Å². The van der Waals surface area contributed by atoms with Gasteiger partial charge in [0.25, 0.3) is 0 Å². The Morgan fingerprint density at radius 1 is 1.32 bits per heavy atom. The molecule has 0 aliphatic heterocycles. The van der Waals surface area contributed by atoms with Crippen molar-refractivity contribution in [1.82, 2.24) is 9.97 Å². The molecule has 1 aromatic carbocycles. The molecular weight excluding hydrogens is 313 g/mol. The third kappa shape index (κ3) is 3.71. The third-order valence-electron chi connectivity index (χ3n) is 2.65. The summed E-state index contributed by atoms with van der Waals surface area (Å²) in [5.74, 6) is 0.165. The zero-order valence-corrected chi connectivity index (χ0v) is 11.9. The van der Waals surface area contributed by atoms with Crippen LogP contribution in [0.5, 0.6) is 5.88 Å². The number of hydrogen-bond acceptors (Lipinski definition) is 4. The Kier molecular flexibility index (Phi) is 4.44. The van der Waals surface area contributed by atoms with Gasteiger partial charge in [-0.25, -0.2) is 14.4 Å². The summed E-state index contributed by atoms with van der Waals surface area (Å²) in [6.45, 7) is 0. The SMILES string of the molecule is COc1cc(CC(N)c2cc(F)cc(Br)c2)ncn1. The molecule has 1 heterocycles. The summed E-state index contributed by atoms with van der Waals surface area (Å²) in [5.41, 5.74) is 7.53. The normalized spacial score (nSPS) is 12.2. The molecule has 1 atom stereocenters. The van der Waals surface area contributed by atoms with Crippen LogP contribution in [0.15, 0.2) is 35.1 Å². The molecule has 0 fully saturated rings. The smallest absolute Gasteiger partial charge is 0.216 e. The van der Waals surface area contributed by atoms with Gasteiger partial charge in [-0.2, -0.15) is 0 Å². The number of nitrogens with zero attached hydrogens (tertiary/aromatic N) is 2. The highest BCUT2D eigenvalue weighted by Gasteiger charge is 2.11. The van der Waals surface area contributed by atoms with Crippen molar-refractivity contribution >= 4 is 15.9 Å². The fourth-order valence-electron chi connectivity index (χ4n) is 1.73. The second kappa shape index (κ2) is 6.08. The highest BCUT2D eigenvalue weighted by molar-refractivity contribution is 9.10. The van der Waals surface area contributed by atoms with Gasteiger partial charge in [0, 0.05) is 28.7 Å². The zero-order chi connectivity index (χ0) is 13.8. The predicted octanol–water partition coefficient (Wildman–Crippen LogP) is 2.63. The quantitative estimate of drug-likeness (QED) is 0.938. The van der Waals surface area contributed by atoms with Gasteiger partial charge in [-0.1, -0.05) is 15.9 Å². The van der Waals surface area contributed by atoms with E-state index >= 15 is 0 Å². The van der Waals surface area contributed by atoms with E-state index in [2.05, 4.69) is 25.9 Å². The largest absolute Gasteiger partial charge is 0.481 e. The Morgan fingerprint density at radius 3 is 2.79 bits per heavy atom. The summed E-state index contributed by atoms with van der Waals surface area (Å²) in [7, 11) is 1.54. The first kappa shape index (κ1) is 13.9. The fraction of sp³-hybridized carbons (Fsp3) is 0.231. The number of rotatable bonds is 4. The molecule has 100 valence electrons. The Morgan fingerprint density at radius 2 is 2.11 bits per heavy atom. The van der Waals surface area contributed by atoms with Gasteiger partial charge in [0.05, 0.1) is 7.11 Å². The summed E-state index contributed by atoms with van der Waals surface area (Å²) < 4.78 is 19.0. The Bertz CT molecular complexity index is 559. The van der Waals surface area contributed by atoms with Crippen molar-refractivity contribution in [3.05, 3.63) is 52.1 Å². The Labute approximate surface area is 119 Å². The maximum absolute atomic E-state index is 13.3. The van der Waals surface area contributed by atoms with Crippen LogP contribution < -0.4 is 10.5 Å². The second-order valence-corrected chi connectivity index (χ2v) is 4.98. The maximum Gasteiger partial charge on any atom is 0.216 e. The van der Waals surface area contributed by atoms with E-state index in [1.54, 1.807) is 12.1 Å². The average molecular weight is 326 g/mol. The van der Waals surface area contributed by atoms with Gasteiger partial charge in [-0.3, -0.25) is 0 Å². The summed E-state index contributed by atoms with van der Waals surface area (Å²) in [5, 5.41) is 0. The highest BCUT2D eigenvalue weighted by Crippen LogP contribution is 2.21. The molecule has 0 radical (unpaired) electrons. The summed E-state index contributed by atoms with van der Waals surface area (Å²) in [4.78, 5) is 8.05. The topological polar surface area (TPSA) is 61.0 Å². The molecule has 2 N–H and O–H groups in total. The summed E-state index contributed by atoms with van der Waals surface area (Å²) in [6.07, 6.45) is 1.90. The van der Waals surface area contributed by atoms with E-state index in [1.165, 1.54) is 25.6 Å². The number of ether oxygens (including phenoxy) is 1. The lowest BCUT2D eigenvalue weighted by Crippen LogP contribution is -2.14. The van der Waals surface area contributed by atoms with Crippen molar-refractivity contribution in [2.24, 2.45) is 5.73 Å². The number of hydrogen-bond donors (Lipinski definition) is 1. The second-order valence-electron chi connectivity index (χ2n) is 4.07. The molecule has 1 unspecified atom stereocenters. The number of halogens is 2. The molecule has 0 bridgehead atoms. The van der Waals surface area contributed by atoms with Crippen molar-refractivity contribution in [1.29, 1.82) is 0 Å². The molecule has 0 aliphatic carbocycles. The lowest BCUT2D eigenvalue weighted by atomic mass is 10.0. The average Bonchev–Trinajstić information content (AvgIpc) is 2.37.